The van der Waals surface area contributed by atoms with Crippen LogP contribution < -0.4 is 0 Å². The molecule has 0 aromatic carbocycles. The lowest BCUT2D eigenvalue weighted by atomic mass is 9.93. The minimum absolute atomic E-state index is 0.155. The van der Waals surface area contributed by atoms with Gasteiger partial charge in [-0.1, -0.05) is 0 Å². The minimum atomic E-state index is -0.981. The van der Waals surface area contributed by atoms with Crippen molar-refractivity contribution in [1.29, 1.82) is 0 Å². The van der Waals surface area contributed by atoms with Gasteiger partial charge in [-0.25, -0.2) is 4.79 Å². The molecule has 1 unspecified atom stereocenters. The number of ketones is 1. The number of Topliss-reactive ketones (excluding diaryl/α,β-unsaturated/α-hetero) is 1. The molecule has 80 valence electrons. The van der Waals surface area contributed by atoms with Gasteiger partial charge < -0.3 is 10.0 Å². The monoisotopic (exact) mass is 219 g/mol. The second kappa shape index (κ2) is 5.20. The van der Waals surface area contributed by atoms with Crippen molar-refractivity contribution in [2.24, 2.45) is 0 Å². The van der Waals surface area contributed by atoms with Crippen LogP contribution in [0.25, 0.3) is 0 Å². The van der Waals surface area contributed by atoms with Crippen molar-refractivity contribution in [3.63, 3.8) is 0 Å². The first-order chi connectivity index (χ1) is 6.65. The molecule has 1 saturated carbocycles. The summed E-state index contributed by atoms with van der Waals surface area (Å²) in [6.45, 7) is 0.300. The van der Waals surface area contributed by atoms with E-state index >= 15 is 0 Å². The minimum Gasteiger partial charge on any atom is -0.465 e. The van der Waals surface area contributed by atoms with Crippen LogP contribution in [0.5, 0.6) is 0 Å². The molecular weight excluding hydrogens is 206 g/mol. The Bertz CT molecular complexity index is 232. The molecule has 1 amide bonds. The van der Waals surface area contributed by atoms with Gasteiger partial charge in [-0.2, -0.15) is 0 Å². The van der Waals surface area contributed by atoms with Crippen LogP contribution in [0.1, 0.15) is 25.7 Å². The fourth-order valence-corrected chi connectivity index (χ4v) is 1.98. The highest BCUT2D eigenvalue weighted by atomic mass is 35.5. The molecule has 0 aliphatic heterocycles. The van der Waals surface area contributed by atoms with Gasteiger partial charge >= 0.3 is 6.09 Å². The Morgan fingerprint density at radius 1 is 1.64 bits per heavy atom. The average molecular weight is 220 g/mol. The average Bonchev–Trinajstić information content (AvgIpc) is 2.13. The number of carbonyl (C=O) groups excluding carboxylic acids is 1. The second-order valence-corrected chi connectivity index (χ2v) is 3.83. The van der Waals surface area contributed by atoms with Crippen LogP contribution in [-0.2, 0) is 4.79 Å². The van der Waals surface area contributed by atoms with E-state index in [-0.39, 0.29) is 17.7 Å². The number of nitrogens with zero attached hydrogens (tertiary/aromatic N) is 1. The van der Waals surface area contributed by atoms with E-state index in [1.807, 2.05) is 0 Å². The molecule has 1 aliphatic rings. The van der Waals surface area contributed by atoms with Gasteiger partial charge in [0.15, 0.2) is 0 Å². The number of alkyl halides is 1. The number of amides is 1. The van der Waals surface area contributed by atoms with Crippen LogP contribution in [0.3, 0.4) is 0 Å². The summed E-state index contributed by atoms with van der Waals surface area (Å²) in [5, 5.41) is 8.90. The molecule has 0 heterocycles. The first kappa shape index (κ1) is 11.3. The fourth-order valence-electron chi connectivity index (χ4n) is 1.79. The van der Waals surface area contributed by atoms with Crippen LogP contribution in [0, 0.1) is 0 Å². The summed E-state index contributed by atoms with van der Waals surface area (Å²) < 4.78 is 0. The largest absolute Gasteiger partial charge is 0.465 e. The maximum absolute atomic E-state index is 11.2. The van der Waals surface area contributed by atoms with Crippen molar-refractivity contribution in [2.75, 3.05) is 12.4 Å². The van der Waals surface area contributed by atoms with E-state index in [2.05, 4.69) is 0 Å². The van der Waals surface area contributed by atoms with Crippen LogP contribution in [0.2, 0.25) is 0 Å². The number of carboxylic acid groups (broad SMARTS) is 1. The van der Waals surface area contributed by atoms with Crippen molar-refractivity contribution >= 4 is 23.5 Å². The highest BCUT2D eigenvalue weighted by Gasteiger charge is 2.27. The normalized spacial score (nSPS) is 22.1. The van der Waals surface area contributed by atoms with Gasteiger partial charge in [0, 0.05) is 31.3 Å². The zero-order chi connectivity index (χ0) is 10.6. The lowest BCUT2D eigenvalue weighted by molar-refractivity contribution is -0.121. The van der Waals surface area contributed by atoms with Crippen molar-refractivity contribution in [2.45, 2.75) is 31.7 Å². The Kier molecular flexibility index (Phi) is 4.20. The van der Waals surface area contributed by atoms with Gasteiger partial charge in [-0.15, -0.1) is 11.6 Å². The third-order valence-electron chi connectivity index (χ3n) is 2.47. The molecular formula is C9H14ClNO3. The van der Waals surface area contributed by atoms with Crippen LogP contribution in [-0.4, -0.2) is 40.3 Å². The molecule has 0 radical (unpaired) electrons. The van der Waals surface area contributed by atoms with Crippen LogP contribution in [0.4, 0.5) is 4.79 Å². The molecule has 1 rings (SSSR count). The van der Waals surface area contributed by atoms with Gasteiger partial charge in [0.05, 0.1) is 0 Å². The predicted molar refractivity (Wildman–Crippen MR) is 52.7 cm³/mol. The Hall–Kier alpha value is -0.770. The summed E-state index contributed by atoms with van der Waals surface area (Å²) in [5.74, 6) is 0.429. The molecule has 0 aromatic rings. The molecule has 0 bridgehead atoms. The predicted octanol–water partition coefficient (Wildman–Crippen LogP) is 1.72. The van der Waals surface area contributed by atoms with E-state index in [1.54, 1.807) is 0 Å². The van der Waals surface area contributed by atoms with Gasteiger partial charge in [0.2, 0.25) is 0 Å². The zero-order valence-corrected chi connectivity index (χ0v) is 8.66. The van der Waals surface area contributed by atoms with Gasteiger partial charge in [0.25, 0.3) is 0 Å². The Morgan fingerprint density at radius 2 is 2.36 bits per heavy atom. The maximum Gasteiger partial charge on any atom is 0.407 e. The number of halogens is 1. The van der Waals surface area contributed by atoms with E-state index in [0.717, 1.165) is 12.8 Å². The third-order valence-corrected chi connectivity index (χ3v) is 2.64. The lowest BCUT2D eigenvalue weighted by Crippen LogP contribution is -2.43. The maximum atomic E-state index is 11.2. The number of hydrogen-bond donors (Lipinski definition) is 1. The highest BCUT2D eigenvalue weighted by molar-refractivity contribution is 6.18. The molecule has 14 heavy (non-hydrogen) atoms. The highest BCUT2D eigenvalue weighted by Crippen LogP contribution is 2.20. The van der Waals surface area contributed by atoms with E-state index in [4.69, 9.17) is 16.7 Å². The van der Waals surface area contributed by atoms with Crippen molar-refractivity contribution in [3.8, 4) is 0 Å². The number of hydrogen-bond acceptors (Lipinski definition) is 2. The standard InChI is InChI=1S/C9H14ClNO3/c10-4-5-11(9(13)14)7-2-1-3-8(12)6-7/h7H,1-6H2,(H,13,14). The first-order valence-corrected chi connectivity index (χ1v) is 5.26. The SMILES string of the molecule is O=C1CCCC(N(CCCl)C(=O)O)C1. The molecule has 0 aromatic heterocycles. The number of carbonyl (C=O) groups is 2. The summed E-state index contributed by atoms with van der Waals surface area (Å²) in [6, 6.07) is -0.160. The van der Waals surface area contributed by atoms with E-state index in [9.17, 15) is 9.59 Å². The van der Waals surface area contributed by atoms with Gasteiger partial charge in [-0.05, 0) is 12.8 Å². The molecule has 4 nitrogen and oxygen atoms in total. The topological polar surface area (TPSA) is 57.6 Å². The zero-order valence-electron chi connectivity index (χ0n) is 7.91. The third kappa shape index (κ3) is 2.87. The van der Waals surface area contributed by atoms with E-state index in [1.165, 1.54) is 4.90 Å². The van der Waals surface area contributed by atoms with Gasteiger partial charge in [-0.3, -0.25) is 4.79 Å². The Morgan fingerprint density at radius 3 is 2.86 bits per heavy atom. The van der Waals surface area contributed by atoms with Crippen molar-refractivity contribution < 1.29 is 14.7 Å². The van der Waals surface area contributed by atoms with Crippen LogP contribution in [0.15, 0.2) is 0 Å². The van der Waals surface area contributed by atoms with Crippen molar-refractivity contribution in [1.82, 2.24) is 4.90 Å². The molecule has 1 atom stereocenters. The Balaban J connectivity index is 2.57. The summed E-state index contributed by atoms with van der Waals surface area (Å²) in [7, 11) is 0. The van der Waals surface area contributed by atoms with Crippen molar-refractivity contribution in [3.05, 3.63) is 0 Å². The molecule has 1 fully saturated rings. The van der Waals surface area contributed by atoms with Gasteiger partial charge in [0.1, 0.15) is 5.78 Å². The summed E-state index contributed by atoms with van der Waals surface area (Å²) >= 11 is 5.51. The lowest BCUT2D eigenvalue weighted by Gasteiger charge is -2.30. The molecule has 5 heteroatoms. The summed E-state index contributed by atoms with van der Waals surface area (Å²) in [4.78, 5) is 23.3. The first-order valence-electron chi connectivity index (χ1n) is 4.72. The molecule has 0 spiro atoms. The van der Waals surface area contributed by atoms with E-state index < -0.39 is 6.09 Å². The summed E-state index contributed by atoms with van der Waals surface area (Å²) in [6.07, 6.45) is 1.52. The Labute approximate surface area is 87.8 Å². The van der Waals surface area contributed by atoms with E-state index in [0.29, 0.717) is 19.4 Å². The summed E-state index contributed by atoms with van der Waals surface area (Å²) in [5.41, 5.74) is 0. The smallest absolute Gasteiger partial charge is 0.407 e. The number of rotatable bonds is 3. The molecule has 1 N–H and O–H groups in total. The fraction of sp³-hybridized carbons (Fsp3) is 0.778. The quantitative estimate of drug-likeness (QED) is 0.736. The van der Waals surface area contributed by atoms with Crippen LogP contribution >= 0.6 is 11.6 Å². The molecule has 0 saturated heterocycles. The second-order valence-electron chi connectivity index (χ2n) is 3.45. The molecule has 1 aliphatic carbocycles.